The number of likely N-dealkylation sites (tertiary alicyclic amines) is 1. The molecule has 1 heterocycles. The third-order valence-corrected chi connectivity index (χ3v) is 3.88. The normalized spacial score (nSPS) is 14.8. The van der Waals surface area contributed by atoms with E-state index < -0.39 is 11.4 Å². The van der Waals surface area contributed by atoms with Gasteiger partial charge in [-0.1, -0.05) is 23.7 Å². The summed E-state index contributed by atoms with van der Waals surface area (Å²) in [5, 5.41) is 5.71. The fraction of sp³-hybridized carbons (Fsp3) is 0.529. The number of nitrogens with one attached hydrogen (secondary N) is 2. The topological polar surface area (TPSA) is 70.7 Å². The molecule has 1 aliphatic rings. The lowest BCUT2D eigenvalue weighted by Gasteiger charge is -2.40. The van der Waals surface area contributed by atoms with E-state index in [1.54, 1.807) is 17.0 Å². The average molecular weight is 372 g/mol. The van der Waals surface area contributed by atoms with E-state index in [0.29, 0.717) is 18.7 Å². The molecule has 0 radical (unpaired) electrons. The van der Waals surface area contributed by atoms with Crippen LogP contribution in [0.1, 0.15) is 26.3 Å². The molecule has 2 amide bonds. The SMILES string of the molecule is CC(C)(C)OC(=O)N1CC(NCC(=O)NCc2cccc(Cl)c2F)C1. The molecule has 1 fully saturated rings. The minimum absolute atomic E-state index is 0.0292. The van der Waals surface area contributed by atoms with Crippen molar-refractivity contribution >= 4 is 23.6 Å². The van der Waals surface area contributed by atoms with Crippen LogP contribution in [0.15, 0.2) is 18.2 Å². The molecule has 8 heteroatoms. The van der Waals surface area contributed by atoms with Gasteiger partial charge < -0.3 is 20.3 Å². The van der Waals surface area contributed by atoms with Gasteiger partial charge in [0.25, 0.3) is 0 Å². The van der Waals surface area contributed by atoms with Crippen LogP contribution in [0.3, 0.4) is 0 Å². The molecule has 0 saturated carbocycles. The van der Waals surface area contributed by atoms with E-state index in [0.717, 1.165) is 0 Å². The molecular weight excluding hydrogens is 349 g/mol. The van der Waals surface area contributed by atoms with Gasteiger partial charge in [0.1, 0.15) is 11.4 Å². The Morgan fingerprint density at radius 1 is 1.36 bits per heavy atom. The van der Waals surface area contributed by atoms with Crippen molar-refractivity contribution in [2.24, 2.45) is 0 Å². The third kappa shape index (κ3) is 5.86. The smallest absolute Gasteiger partial charge is 0.410 e. The first-order valence-corrected chi connectivity index (χ1v) is 8.44. The van der Waals surface area contributed by atoms with E-state index in [1.165, 1.54) is 6.07 Å². The number of amides is 2. The molecule has 6 nitrogen and oxygen atoms in total. The highest BCUT2D eigenvalue weighted by atomic mass is 35.5. The molecule has 138 valence electrons. The summed E-state index contributed by atoms with van der Waals surface area (Å²) in [6, 6.07) is 4.70. The van der Waals surface area contributed by atoms with Crippen LogP contribution in [-0.2, 0) is 16.1 Å². The fourth-order valence-corrected chi connectivity index (χ4v) is 2.46. The van der Waals surface area contributed by atoms with Crippen molar-refractivity contribution in [1.29, 1.82) is 0 Å². The maximum atomic E-state index is 13.7. The standard InChI is InChI=1S/C17H23ClFN3O3/c1-17(2,3)25-16(24)22-9-12(10-22)20-8-14(23)21-7-11-5-4-6-13(18)15(11)19/h4-6,12,20H,7-10H2,1-3H3,(H,21,23). The Hall–Kier alpha value is -1.86. The summed E-state index contributed by atoms with van der Waals surface area (Å²) in [6.45, 7) is 6.58. The summed E-state index contributed by atoms with van der Waals surface area (Å²) in [7, 11) is 0. The van der Waals surface area contributed by atoms with Gasteiger partial charge in [-0.15, -0.1) is 0 Å². The minimum Gasteiger partial charge on any atom is -0.444 e. The highest BCUT2D eigenvalue weighted by molar-refractivity contribution is 6.30. The number of carbonyl (C=O) groups is 2. The van der Waals surface area contributed by atoms with Gasteiger partial charge >= 0.3 is 6.09 Å². The van der Waals surface area contributed by atoms with Gasteiger partial charge in [0.15, 0.2) is 0 Å². The van der Waals surface area contributed by atoms with Crippen LogP contribution in [0, 0.1) is 5.82 Å². The van der Waals surface area contributed by atoms with Crippen molar-refractivity contribution < 1.29 is 18.7 Å². The predicted molar refractivity (Wildman–Crippen MR) is 92.9 cm³/mol. The first kappa shape index (κ1) is 19.5. The second kappa shape index (κ2) is 8.01. The van der Waals surface area contributed by atoms with E-state index in [4.69, 9.17) is 16.3 Å². The monoisotopic (exact) mass is 371 g/mol. The molecule has 0 aromatic heterocycles. The van der Waals surface area contributed by atoms with Gasteiger partial charge in [0.05, 0.1) is 11.6 Å². The minimum atomic E-state index is -0.524. The third-order valence-electron chi connectivity index (χ3n) is 3.59. The second-order valence-electron chi connectivity index (χ2n) is 6.95. The number of nitrogens with zero attached hydrogens (tertiary/aromatic N) is 1. The highest BCUT2D eigenvalue weighted by Crippen LogP contribution is 2.17. The summed E-state index contributed by atoms with van der Waals surface area (Å²) >= 11 is 5.70. The number of halogens is 2. The Morgan fingerprint density at radius 2 is 2.04 bits per heavy atom. The molecule has 25 heavy (non-hydrogen) atoms. The van der Waals surface area contributed by atoms with Gasteiger partial charge in [-0.05, 0) is 26.8 Å². The van der Waals surface area contributed by atoms with Crippen LogP contribution in [0.2, 0.25) is 5.02 Å². The Morgan fingerprint density at radius 3 is 2.68 bits per heavy atom. The Kier molecular flexibility index (Phi) is 6.24. The highest BCUT2D eigenvalue weighted by Gasteiger charge is 2.33. The van der Waals surface area contributed by atoms with Crippen molar-refractivity contribution in [2.45, 2.75) is 39.0 Å². The number of carbonyl (C=O) groups excluding carboxylic acids is 2. The number of rotatable bonds is 5. The molecular formula is C17H23ClFN3O3. The average Bonchev–Trinajstić information content (AvgIpc) is 2.45. The molecule has 1 aromatic carbocycles. The van der Waals surface area contributed by atoms with Crippen molar-refractivity contribution in [3.63, 3.8) is 0 Å². The lowest BCUT2D eigenvalue weighted by molar-refractivity contribution is -0.120. The van der Waals surface area contributed by atoms with Gasteiger partial charge in [0.2, 0.25) is 5.91 Å². The maximum absolute atomic E-state index is 13.7. The van der Waals surface area contributed by atoms with Crippen LogP contribution in [0.25, 0.3) is 0 Å². The van der Waals surface area contributed by atoms with Crippen LogP contribution < -0.4 is 10.6 Å². The summed E-state index contributed by atoms with van der Waals surface area (Å²) in [5.74, 6) is -0.778. The van der Waals surface area contributed by atoms with Crippen LogP contribution in [0.4, 0.5) is 9.18 Å². The van der Waals surface area contributed by atoms with Crippen LogP contribution in [0.5, 0.6) is 0 Å². The summed E-state index contributed by atoms with van der Waals surface area (Å²) < 4.78 is 19.0. The lowest BCUT2D eigenvalue weighted by atomic mass is 10.1. The summed E-state index contributed by atoms with van der Waals surface area (Å²) in [5.41, 5.74) is -0.189. The molecule has 0 unspecified atom stereocenters. The van der Waals surface area contributed by atoms with Crippen LogP contribution in [-0.4, -0.2) is 48.2 Å². The number of hydrogen-bond donors (Lipinski definition) is 2. The molecule has 1 saturated heterocycles. The van der Waals surface area contributed by atoms with Crippen molar-refractivity contribution in [3.8, 4) is 0 Å². The summed E-state index contributed by atoms with van der Waals surface area (Å²) in [6.07, 6.45) is -0.355. The first-order valence-electron chi connectivity index (χ1n) is 8.06. The molecule has 0 spiro atoms. The summed E-state index contributed by atoms with van der Waals surface area (Å²) in [4.78, 5) is 25.2. The predicted octanol–water partition coefficient (Wildman–Crippen LogP) is 2.30. The van der Waals surface area contributed by atoms with Gasteiger partial charge in [-0.25, -0.2) is 9.18 Å². The van der Waals surface area contributed by atoms with Gasteiger partial charge in [-0.2, -0.15) is 0 Å². The van der Waals surface area contributed by atoms with E-state index in [-0.39, 0.29) is 36.2 Å². The molecule has 2 rings (SSSR count). The fourth-order valence-electron chi connectivity index (χ4n) is 2.26. The number of ether oxygens (including phenoxy) is 1. The first-order chi connectivity index (χ1) is 11.7. The van der Waals surface area contributed by atoms with E-state index in [9.17, 15) is 14.0 Å². The second-order valence-corrected chi connectivity index (χ2v) is 7.36. The molecule has 0 atom stereocenters. The van der Waals surface area contributed by atoms with Crippen molar-refractivity contribution in [2.75, 3.05) is 19.6 Å². The van der Waals surface area contributed by atoms with E-state index in [1.807, 2.05) is 20.8 Å². The Balaban J connectivity index is 1.65. The molecule has 0 bridgehead atoms. The lowest BCUT2D eigenvalue weighted by Crippen LogP contribution is -2.61. The Bertz CT molecular complexity index is 643. The molecule has 1 aromatic rings. The largest absolute Gasteiger partial charge is 0.444 e. The zero-order chi connectivity index (χ0) is 18.6. The van der Waals surface area contributed by atoms with Crippen molar-refractivity contribution in [1.82, 2.24) is 15.5 Å². The number of hydrogen-bond acceptors (Lipinski definition) is 4. The maximum Gasteiger partial charge on any atom is 0.410 e. The van der Waals surface area contributed by atoms with Crippen molar-refractivity contribution in [3.05, 3.63) is 34.6 Å². The zero-order valence-corrected chi connectivity index (χ0v) is 15.3. The number of benzene rings is 1. The molecule has 1 aliphatic heterocycles. The van der Waals surface area contributed by atoms with Gasteiger partial charge in [0, 0.05) is 31.2 Å². The molecule has 0 aliphatic carbocycles. The quantitative estimate of drug-likeness (QED) is 0.833. The Labute approximate surface area is 151 Å². The van der Waals surface area contributed by atoms with Gasteiger partial charge in [-0.3, -0.25) is 4.79 Å². The van der Waals surface area contributed by atoms with E-state index in [2.05, 4.69) is 10.6 Å². The zero-order valence-electron chi connectivity index (χ0n) is 14.6. The molecule has 2 N–H and O–H groups in total. The van der Waals surface area contributed by atoms with E-state index >= 15 is 0 Å². The van der Waals surface area contributed by atoms with Crippen LogP contribution >= 0.6 is 11.6 Å².